The number of nitrogens with zero attached hydrogens (tertiary/aromatic N) is 2. The first kappa shape index (κ1) is 23.5. The van der Waals surface area contributed by atoms with E-state index in [1.165, 1.54) is 12.1 Å². The highest BCUT2D eigenvalue weighted by Gasteiger charge is 2.30. The zero-order valence-electron chi connectivity index (χ0n) is 18.1. The molecule has 2 aromatic rings. The number of benzene rings is 2. The molecule has 0 aromatic heterocycles. The normalized spacial score (nSPS) is 16.0. The van der Waals surface area contributed by atoms with E-state index in [0.29, 0.717) is 26.2 Å². The molecule has 8 heteroatoms. The molecule has 32 heavy (non-hydrogen) atoms. The van der Waals surface area contributed by atoms with Gasteiger partial charge in [0.1, 0.15) is 11.5 Å². The lowest BCUT2D eigenvalue weighted by atomic mass is 9.96. The SMILES string of the molecule is CN(Cc1ccc(OC(F)F)cc1)C(=O)C1CCCN(C(=O)CCOc2ccccc2)C1. The van der Waals surface area contributed by atoms with Gasteiger partial charge in [-0.1, -0.05) is 30.3 Å². The number of amides is 2. The summed E-state index contributed by atoms with van der Waals surface area (Å²) in [5.41, 5.74) is 0.810. The minimum absolute atomic E-state index is 0.0179. The van der Waals surface area contributed by atoms with Crippen molar-refractivity contribution in [3.63, 3.8) is 0 Å². The van der Waals surface area contributed by atoms with Crippen LogP contribution in [0.3, 0.4) is 0 Å². The average Bonchev–Trinajstić information content (AvgIpc) is 2.80. The van der Waals surface area contributed by atoms with Gasteiger partial charge in [-0.15, -0.1) is 0 Å². The first-order valence-electron chi connectivity index (χ1n) is 10.7. The molecule has 1 aliphatic heterocycles. The van der Waals surface area contributed by atoms with Crippen LogP contribution in [0.5, 0.6) is 11.5 Å². The fourth-order valence-electron chi connectivity index (χ4n) is 3.78. The monoisotopic (exact) mass is 446 g/mol. The second kappa shape index (κ2) is 11.5. The van der Waals surface area contributed by atoms with Crippen LogP contribution in [0.2, 0.25) is 0 Å². The standard InChI is InChI=1S/C24H28F2N2O4/c1-27(16-18-9-11-21(12-10-18)32-24(25)26)23(30)19-6-5-14-28(17-19)22(29)13-15-31-20-7-3-2-4-8-20/h2-4,7-12,19,24H,5-6,13-17H2,1H3. The molecule has 0 bridgehead atoms. The number of piperidine rings is 1. The third-order valence-corrected chi connectivity index (χ3v) is 5.40. The first-order valence-corrected chi connectivity index (χ1v) is 10.7. The highest BCUT2D eigenvalue weighted by atomic mass is 19.3. The van der Waals surface area contributed by atoms with Crippen LogP contribution in [-0.2, 0) is 16.1 Å². The van der Waals surface area contributed by atoms with Crippen molar-refractivity contribution in [2.75, 3.05) is 26.7 Å². The molecule has 1 fully saturated rings. The molecule has 0 spiro atoms. The molecule has 2 aromatic carbocycles. The Bertz CT molecular complexity index is 877. The minimum atomic E-state index is -2.87. The number of likely N-dealkylation sites (tertiary alicyclic amines) is 1. The van der Waals surface area contributed by atoms with E-state index in [1.807, 2.05) is 30.3 Å². The van der Waals surface area contributed by atoms with Gasteiger partial charge in [-0.2, -0.15) is 8.78 Å². The van der Waals surface area contributed by atoms with Crippen LogP contribution in [0, 0.1) is 5.92 Å². The van der Waals surface area contributed by atoms with Crippen molar-refractivity contribution >= 4 is 11.8 Å². The molecule has 0 N–H and O–H groups in total. The van der Waals surface area contributed by atoms with E-state index in [9.17, 15) is 18.4 Å². The van der Waals surface area contributed by atoms with Gasteiger partial charge in [0.15, 0.2) is 0 Å². The minimum Gasteiger partial charge on any atom is -0.493 e. The Kier molecular flexibility index (Phi) is 8.41. The van der Waals surface area contributed by atoms with Gasteiger partial charge in [-0.05, 0) is 42.7 Å². The average molecular weight is 446 g/mol. The summed E-state index contributed by atoms with van der Waals surface area (Å²) in [6, 6.07) is 15.6. The summed E-state index contributed by atoms with van der Waals surface area (Å²) in [5.74, 6) is 0.499. The van der Waals surface area contributed by atoms with Crippen LogP contribution in [0.4, 0.5) is 8.78 Å². The molecule has 0 aliphatic carbocycles. The zero-order chi connectivity index (χ0) is 22.9. The molecule has 6 nitrogen and oxygen atoms in total. The molecular formula is C24H28F2N2O4. The first-order chi connectivity index (χ1) is 15.4. The predicted octanol–water partition coefficient (Wildman–Crippen LogP) is 3.95. The summed E-state index contributed by atoms with van der Waals surface area (Å²) < 4.78 is 34.5. The van der Waals surface area contributed by atoms with E-state index >= 15 is 0 Å². The maximum atomic E-state index is 12.9. The van der Waals surface area contributed by atoms with E-state index in [0.717, 1.165) is 24.2 Å². The zero-order valence-corrected chi connectivity index (χ0v) is 18.1. The Morgan fingerprint density at radius 1 is 1.09 bits per heavy atom. The Labute approximate surface area is 186 Å². The van der Waals surface area contributed by atoms with Gasteiger partial charge in [0.25, 0.3) is 0 Å². The molecule has 1 atom stereocenters. The second-order valence-corrected chi connectivity index (χ2v) is 7.81. The van der Waals surface area contributed by atoms with Crippen LogP contribution in [0.15, 0.2) is 54.6 Å². The highest BCUT2D eigenvalue weighted by Crippen LogP contribution is 2.21. The third kappa shape index (κ3) is 6.93. The fourth-order valence-corrected chi connectivity index (χ4v) is 3.78. The van der Waals surface area contributed by atoms with Gasteiger partial charge in [0, 0.05) is 26.7 Å². The fraction of sp³-hybridized carbons (Fsp3) is 0.417. The molecule has 1 unspecified atom stereocenters. The van der Waals surface area contributed by atoms with Crippen molar-refractivity contribution in [3.8, 4) is 11.5 Å². The largest absolute Gasteiger partial charge is 0.493 e. The molecule has 3 rings (SSSR count). The van der Waals surface area contributed by atoms with Gasteiger partial charge >= 0.3 is 6.61 Å². The molecule has 0 radical (unpaired) electrons. The van der Waals surface area contributed by atoms with Gasteiger partial charge in [-0.25, -0.2) is 0 Å². The second-order valence-electron chi connectivity index (χ2n) is 7.81. The number of carbonyl (C=O) groups excluding carboxylic acids is 2. The third-order valence-electron chi connectivity index (χ3n) is 5.40. The van der Waals surface area contributed by atoms with E-state index in [1.54, 1.807) is 29.0 Å². The number of rotatable bonds is 9. The lowest BCUT2D eigenvalue weighted by molar-refractivity contribution is -0.140. The van der Waals surface area contributed by atoms with Gasteiger partial charge < -0.3 is 19.3 Å². The lowest BCUT2D eigenvalue weighted by Gasteiger charge is -2.34. The van der Waals surface area contributed by atoms with Crippen molar-refractivity contribution in [3.05, 3.63) is 60.2 Å². The molecule has 2 amide bonds. The topological polar surface area (TPSA) is 59.1 Å². The van der Waals surface area contributed by atoms with E-state index in [-0.39, 0.29) is 29.9 Å². The highest BCUT2D eigenvalue weighted by molar-refractivity contribution is 5.81. The van der Waals surface area contributed by atoms with E-state index < -0.39 is 6.61 Å². The maximum Gasteiger partial charge on any atom is 0.387 e. The number of ether oxygens (including phenoxy) is 2. The number of para-hydroxylation sites is 1. The van der Waals surface area contributed by atoms with Crippen LogP contribution in [-0.4, -0.2) is 55.0 Å². The Morgan fingerprint density at radius 2 is 1.81 bits per heavy atom. The Balaban J connectivity index is 1.46. The Hall–Kier alpha value is -3.16. The van der Waals surface area contributed by atoms with Gasteiger partial charge in [-0.3, -0.25) is 9.59 Å². The summed E-state index contributed by atoms with van der Waals surface area (Å²) in [6.45, 7) is -1.18. The molecule has 0 saturated carbocycles. The van der Waals surface area contributed by atoms with Gasteiger partial charge in [0.2, 0.25) is 11.8 Å². The van der Waals surface area contributed by atoms with Crippen LogP contribution >= 0.6 is 0 Å². The Morgan fingerprint density at radius 3 is 2.50 bits per heavy atom. The molecule has 172 valence electrons. The lowest BCUT2D eigenvalue weighted by Crippen LogP contribution is -2.46. The van der Waals surface area contributed by atoms with Crippen molar-refractivity contribution in [2.24, 2.45) is 5.92 Å². The summed E-state index contributed by atoms with van der Waals surface area (Å²) in [7, 11) is 1.71. The van der Waals surface area contributed by atoms with Crippen LogP contribution in [0.25, 0.3) is 0 Å². The van der Waals surface area contributed by atoms with Gasteiger partial charge in [0.05, 0.1) is 18.9 Å². The molecule has 1 aliphatic rings. The van der Waals surface area contributed by atoms with Crippen molar-refractivity contribution < 1.29 is 27.8 Å². The van der Waals surface area contributed by atoms with E-state index in [4.69, 9.17) is 4.74 Å². The molecule has 1 saturated heterocycles. The molecular weight excluding hydrogens is 418 g/mol. The van der Waals surface area contributed by atoms with Crippen LogP contribution < -0.4 is 9.47 Å². The van der Waals surface area contributed by atoms with Crippen molar-refractivity contribution in [2.45, 2.75) is 32.4 Å². The van der Waals surface area contributed by atoms with Crippen LogP contribution in [0.1, 0.15) is 24.8 Å². The number of hydrogen-bond donors (Lipinski definition) is 0. The summed E-state index contributed by atoms with van der Waals surface area (Å²) >= 11 is 0. The number of hydrogen-bond acceptors (Lipinski definition) is 4. The summed E-state index contributed by atoms with van der Waals surface area (Å²) in [6.07, 6.45) is 1.77. The smallest absolute Gasteiger partial charge is 0.387 e. The van der Waals surface area contributed by atoms with Crippen molar-refractivity contribution in [1.82, 2.24) is 9.80 Å². The predicted molar refractivity (Wildman–Crippen MR) is 115 cm³/mol. The van der Waals surface area contributed by atoms with E-state index in [2.05, 4.69) is 4.74 Å². The quantitative estimate of drug-likeness (QED) is 0.585. The maximum absolute atomic E-state index is 12.9. The summed E-state index contributed by atoms with van der Waals surface area (Å²) in [5, 5.41) is 0. The molecule has 1 heterocycles. The summed E-state index contributed by atoms with van der Waals surface area (Å²) in [4.78, 5) is 28.9. The van der Waals surface area contributed by atoms with Crippen molar-refractivity contribution in [1.29, 1.82) is 0 Å². The number of halogens is 2. The number of alkyl halides is 2. The number of carbonyl (C=O) groups is 2.